The van der Waals surface area contributed by atoms with E-state index in [0.717, 1.165) is 4.31 Å². The number of carbonyl (C=O) groups excluding carboxylic acids is 1. The predicted octanol–water partition coefficient (Wildman–Crippen LogP) is 2.55. The molecule has 1 amide bonds. The van der Waals surface area contributed by atoms with Gasteiger partial charge in [-0.15, -0.1) is 0 Å². The van der Waals surface area contributed by atoms with E-state index in [1.807, 2.05) is 6.92 Å². The van der Waals surface area contributed by atoms with Crippen molar-refractivity contribution in [3.8, 4) is 0 Å². The first-order valence-corrected chi connectivity index (χ1v) is 13.3. The Bertz CT molecular complexity index is 1440. The summed E-state index contributed by atoms with van der Waals surface area (Å²) >= 11 is 0. The number of sulfonamides is 1. The van der Waals surface area contributed by atoms with Gasteiger partial charge in [0, 0.05) is 24.4 Å². The molecule has 0 aliphatic carbocycles. The molecule has 37 heavy (non-hydrogen) atoms. The van der Waals surface area contributed by atoms with Crippen molar-refractivity contribution in [2.24, 2.45) is 0 Å². The van der Waals surface area contributed by atoms with Crippen LogP contribution in [0.4, 0.5) is 5.82 Å². The van der Waals surface area contributed by atoms with Crippen LogP contribution in [-0.4, -0.2) is 58.1 Å². The van der Waals surface area contributed by atoms with Gasteiger partial charge in [-0.05, 0) is 44.5 Å². The lowest BCUT2D eigenvalue weighted by Gasteiger charge is -2.31. The molecule has 4 rings (SSSR count). The Morgan fingerprint density at radius 1 is 1.16 bits per heavy atom. The normalized spacial score (nSPS) is 23.8. The van der Waals surface area contributed by atoms with Crippen molar-refractivity contribution in [3.63, 3.8) is 0 Å². The highest BCUT2D eigenvalue weighted by Gasteiger charge is 2.55. The Morgan fingerprint density at radius 3 is 2.35 bits per heavy atom. The zero-order chi connectivity index (χ0) is 27.0. The van der Waals surface area contributed by atoms with Gasteiger partial charge in [0.05, 0.1) is 16.5 Å². The molecule has 0 radical (unpaired) electrons. The number of aliphatic hydroxyl groups excluding tert-OH is 1. The summed E-state index contributed by atoms with van der Waals surface area (Å²) in [5.41, 5.74) is -1.02. The van der Waals surface area contributed by atoms with Crippen molar-refractivity contribution in [1.29, 1.82) is 0 Å². The third kappa shape index (κ3) is 4.95. The third-order valence-electron chi connectivity index (χ3n) is 6.85. The Kier molecular flexibility index (Phi) is 7.33. The van der Waals surface area contributed by atoms with Gasteiger partial charge in [0.25, 0.3) is 5.91 Å². The zero-order valence-electron chi connectivity index (χ0n) is 21.0. The number of benzene rings is 2. The molecule has 10 nitrogen and oxygen atoms in total. The number of nitrogens with zero attached hydrogens (tertiary/aromatic N) is 3. The van der Waals surface area contributed by atoms with E-state index < -0.39 is 45.6 Å². The highest BCUT2D eigenvalue weighted by Crippen LogP contribution is 2.42. The van der Waals surface area contributed by atoms with Crippen LogP contribution in [0.1, 0.15) is 42.4 Å². The van der Waals surface area contributed by atoms with Gasteiger partial charge in [0.15, 0.2) is 6.23 Å². The fraction of sp³-hybridized carbons (Fsp3) is 0.346. The topological polar surface area (TPSA) is 131 Å². The van der Waals surface area contributed by atoms with Crippen molar-refractivity contribution < 1.29 is 23.1 Å². The number of hydrogen-bond acceptors (Lipinski definition) is 7. The number of amides is 1. The standard InChI is InChI=1S/C26H30N4O6S/c1-5-26(3)21(31)20(29(4)37(34,35)19-14-10-7-11-15-19)24(36-26)30-16-17(2)22(28-25(30)33)27-23(32)18-12-8-6-9-13-18/h6-16,20-21,24,31H,5H2,1-4H3,(H,27,28,32,33)/t20-,21+,24-,26-/m1/s1. The molecule has 4 atom stereocenters. The number of carbonyl (C=O) groups is 1. The summed E-state index contributed by atoms with van der Waals surface area (Å²) in [7, 11) is -2.68. The van der Waals surface area contributed by atoms with E-state index in [-0.39, 0.29) is 10.7 Å². The van der Waals surface area contributed by atoms with E-state index in [4.69, 9.17) is 4.74 Å². The fourth-order valence-corrected chi connectivity index (χ4v) is 5.76. The number of rotatable bonds is 7. The highest BCUT2D eigenvalue weighted by molar-refractivity contribution is 7.89. The van der Waals surface area contributed by atoms with Crippen molar-refractivity contribution in [2.75, 3.05) is 12.4 Å². The highest BCUT2D eigenvalue weighted by atomic mass is 32.2. The fourth-order valence-electron chi connectivity index (χ4n) is 4.39. The van der Waals surface area contributed by atoms with Crippen LogP contribution in [0.2, 0.25) is 0 Å². The number of anilines is 1. The second-order valence-electron chi connectivity index (χ2n) is 9.23. The van der Waals surface area contributed by atoms with Crippen LogP contribution in [0.15, 0.2) is 76.6 Å². The lowest BCUT2D eigenvalue weighted by molar-refractivity contribution is -0.0940. The van der Waals surface area contributed by atoms with Crippen molar-refractivity contribution >= 4 is 21.7 Å². The van der Waals surface area contributed by atoms with E-state index in [9.17, 15) is 23.1 Å². The minimum atomic E-state index is -4.03. The summed E-state index contributed by atoms with van der Waals surface area (Å²) in [5, 5.41) is 13.9. The van der Waals surface area contributed by atoms with E-state index in [0.29, 0.717) is 17.5 Å². The average molecular weight is 527 g/mol. The van der Waals surface area contributed by atoms with Crippen LogP contribution in [0.3, 0.4) is 0 Å². The second kappa shape index (κ2) is 10.2. The Balaban J connectivity index is 1.72. The molecule has 0 bridgehead atoms. The molecule has 3 aromatic rings. The van der Waals surface area contributed by atoms with Crippen LogP contribution < -0.4 is 11.0 Å². The predicted molar refractivity (Wildman–Crippen MR) is 138 cm³/mol. The van der Waals surface area contributed by atoms with Crippen LogP contribution in [0, 0.1) is 6.92 Å². The number of aromatic nitrogens is 2. The van der Waals surface area contributed by atoms with Crippen LogP contribution in [-0.2, 0) is 14.8 Å². The smallest absolute Gasteiger partial charge is 0.351 e. The summed E-state index contributed by atoms with van der Waals surface area (Å²) in [6, 6.07) is 15.2. The van der Waals surface area contributed by atoms with E-state index in [1.165, 1.54) is 29.9 Å². The van der Waals surface area contributed by atoms with E-state index in [2.05, 4.69) is 10.3 Å². The van der Waals surface area contributed by atoms with E-state index in [1.54, 1.807) is 62.4 Å². The summed E-state index contributed by atoms with van der Waals surface area (Å²) in [5.74, 6) is -0.347. The summed E-state index contributed by atoms with van der Waals surface area (Å²) in [6.45, 7) is 5.14. The molecule has 1 saturated heterocycles. The van der Waals surface area contributed by atoms with Crippen molar-refractivity contribution in [2.45, 2.75) is 56.1 Å². The number of aryl methyl sites for hydroxylation is 1. The first-order valence-electron chi connectivity index (χ1n) is 11.8. The summed E-state index contributed by atoms with van der Waals surface area (Å²) in [4.78, 5) is 29.8. The molecule has 2 aromatic carbocycles. The Hall–Kier alpha value is -3.38. The molecule has 0 saturated carbocycles. The SMILES string of the molecule is CC[C@@]1(C)O[C@@H](n2cc(C)c(NC(=O)c3ccccc3)nc2=O)[C@H](N(C)S(=O)(=O)c2ccccc2)[C@@H]1O. The van der Waals surface area contributed by atoms with Gasteiger partial charge in [-0.25, -0.2) is 13.2 Å². The second-order valence-corrected chi connectivity index (χ2v) is 11.2. The quantitative estimate of drug-likeness (QED) is 0.484. The first kappa shape index (κ1) is 26.7. The molecule has 11 heteroatoms. The van der Waals surface area contributed by atoms with Gasteiger partial charge in [-0.2, -0.15) is 9.29 Å². The number of ether oxygens (including phenoxy) is 1. The van der Waals surface area contributed by atoms with Crippen LogP contribution in [0.5, 0.6) is 0 Å². The molecule has 1 aliphatic heterocycles. The monoisotopic (exact) mass is 526 g/mol. The molecule has 1 aliphatic rings. The summed E-state index contributed by atoms with van der Waals surface area (Å²) in [6.07, 6.45) is -0.589. The molecule has 196 valence electrons. The number of nitrogens with one attached hydrogen (secondary N) is 1. The Morgan fingerprint density at radius 2 is 1.76 bits per heavy atom. The maximum atomic E-state index is 13.4. The number of aliphatic hydroxyl groups is 1. The van der Waals surface area contributed by atoms with Gasteiger partial charge in [-0.1, -0.05) is 43.3 Å². The van der Waals surface area contributed by atoms with E-state index >= 15 is 0 Å². The minimum absolute atomic E-state index is 0.0502. The van der Waals surface area contributed by atoms with Gasteiger partial charge in [0.2, 0.25) is 10.0 Å². The molecule has 0 unspecified atom stereocenters. The molecular weight excluding hydrogens is 496 g/mol. The minimum Gasteiger partial charge on any atom is -0.388 e. The molecule has 2 heterocycles. The van der Waals surface area contributed by atoms with Gasteiger partial charge in [-0.3, -0.25) is 9.36 Å². The molecule has 0 spiro atoms. The Labute approximate surface area is 215 Å². The van der Waals surface area contributed by atoms with Gasteiger partial charge >= 0.3 is 5.69 Å². The largest absolute Gasteiger partial charge is 0.388 e. The summed E-state index contributed by atoms with van der Waals surface area (Å²) < 4.78 is 35.2. The number of hydrogen-bond donors (Lipinski definition) is 2. The molecule has 1 aromatic heterocycles. The van der Waals surface area contributed by atoms with Crippen molar-refractivity contribution in [1.82, 2.24) is 13.9 Å². The first-order chi connectivity index (χ1) is 17.5. The molecule has 2 N–H and O–H groups in total. The van der Waals surface area contributed by atoms with Crippen LogP contribution >= 0.6 is 0 Å². The molecular formula is C26H30N4O6S. The molecule has 1 fully saturated rings. The van der Waals surface area contributed by atoms with Crippen molar-refractivity contribution in [3.05, 3.63) is 88.5 Å². The van der Waals surface area contributed by atoms with Crippen LogP contribution in [0.25, 0.3) is 0 Å². The lowest BCUT2D eigenvalue weighted by Crippen LogP contribution is -2.50. The van der Waals surface area contributed by atoms with Gasteiger partial charge in [0.1, 0.15) is 11.9 Å². The maximum Gasteiger partial charge on any atom is 0.351 e. The maximum absolute atomic E-state index is 13.4. The van der Waals surface area contributed by atoms with Gasteiger partial charge < -0.3 is 15.2 Å². The zero-order valence-corrected chi connectivity index (χ0v) is 21.8. The third-order valence-corrected chi connectivity index (χ3v) is 8.72. The lowest BCUT2D eigenvalue weighted by atomic mass is 9.93. The average Bonchev–Trinajstić information content (AvgIpc) is 3.17. The number of likely N-dealkylation sites (N-methyl/N-ethyl adjacent to an activating group) is 1.